The van der Waals surface area contributed by atoms with Crippen LogP contribution in [0.15, 0.2) is 60.8 Å². The Morgan fingerprint density at radius 3 is 2.77 bits per heavy atom. The largest absolute Gasteiger partial charge is 0.508 e. The third-order valence-corrected chi connectivity index (χ3v) is 6.27. The van der Waals surface area contributed by atoms with Gasteiger partial charge in [0.25, 0.3) is 0 Å². The highest BCUT2D eigenvalue weighted by atomic mass is 16.3. The molecule has 1 unspecified atom stereocenters. The van der Waals surface area contributed by atoms with Crippen LogP contribution in [0.1, 0.15) is 37.3 Å². The fourth-order valence-corrected chi connectivity index (χ4v) is 4.51. The first kappa shape index (κ1) is 21.3. The summed E-state index contributed by atoms with van der Waals surface area (Å²) >= 11 is 0. The molecule has 1 atom stereocenters. The van der Waals surface area contributed by atoms with Crippen LogP contribution in [0, 0.1) is 0 Å². The maximum Gasteiger partial charge on any atom is 0.223 e. The standard InChI is InChI=1S/C26H31N3O2/c1-2-28-15-5-7-23(28)19-29(18-20-9-12-24(30)13-10-20)26(31)14-11-21-16-22-6-3-4-8-25(22)27-17-21/h3-4,6,8-10,12-13,16-17,23,30H,2,5,7,11,14-15,18-19H2,1H3. The number of likely N-dealkylation sites (N-methyl/N-ethyl adjacent to an activating group) is 1. The second kappa shape index (κ2) is 9.92. The predicted octanol–water partition coefficient (Wildman–Crippen LogP) is 4.39. The fraction of sp³-hybridized carbons (Fsp3) is 0.385. The van der Waals surface area contributed by atoms with Crippen molar-refractivity contribution in [2.75, 3.05) is 19.6 Å². The number of hydrogen-bond donors (Lipinski definition) is 1. The van der Waals surface area contributed by atoms with Crippen LogP contribution < -0.4 is 0 Å². The molecular formula is C26H31N3O2. The van der Waals surface area contributed by atoms with Gasteiger partial charge in [0.2, 0.25) is 5.91 Å². The van der Waals surface area contributed by atoms with Gasteiger partial charge in [0.05, 0.1) is 5.52 Å². The van der Waals surface area contributed by atoms with E-state index in [2.05, 4.69) is 28.9 Å². The highest BCUT2D eigenvalue weighted by Crippen LogP contribution is 2.21. The molecule has 162 valence electrons. The second-order valence-corrected chi connectivity index (χ2v) is 8.40. The molecule has 1 amide bonds. The van der Waals surface area contributed by atoms with Gasteiger partial charge in [-0.3, -0.25) is 14.7 Å². The average Bonchev–Trinajstić information content (AvgIpc) is 3.25. The van der Waals surface area contributed by atoms with Crippen molar-refractivity contribution in [1.29, 1.82) is 0 Å². The molecule has 1 aliphatic heterocycles. The minimum absolute atomic E-state index is 0.171. The summed E-state index contributed by atoms with van der Waals surface area (Å²) in [4.78, 5) is 22.3. The van der Waals surface area contributed by atoms with Crippen molar-refractivity contribution in [1.82, 2.24) is 14.8 Å². The minimum Gasteiger partial charge on any atom is -0.508 e. The number of aromatic nitrogens is 1. The SMILES string of the molecule is CCN1CCCC1CN(Cc1ccc(O)cc1)C(=O)CCc1cnc2ccccc2c1. The van der Waals surface area contributed by atoms with E-state index in [9.17, 15) is 9.90 Å². The Labute approximate surface area is 184 Å². The summed E-state index contributed by atoms with van der Waals surface area (Å²) in [5.41, 5.74) is 3.11. The number of benzene rings is 2. The highest BCUT2D eigenvalue weighted by Gasteiger charge is 2.27. The van der Waals surface area contributed by atoms with E-state index in [0.717, 1.165) is 48.1 Å². The Kier molecular flexibility index (Phi) is 6.82. The van der Waals surface area contributed by atoms with Gasteiger partial charge in [-0.25, -0.2) is 0 Å². The number of para-hydroxylation sites is 1. The van der Waals surface area contributed by atoms with Crippen LogP contribution in [-0.2, 0) is 17.8 Å². The number of nitrogens with zero attached hydrogens (tertiary/aromatic N) is 3. The zero-order valence-corrected chi connectivity index (χ0v) is 18.2. The zero-order valence-electron chi connectivity index (χ0n) is 18.2. The summed E-state index contributed by atoms with van der Waals surface area (Å²) in [5, 5.41) is 10.7. The van der Waals surface area contributed by atoms with Crippen molar-refractivity contribution >= 4 is 16.8 Å². The molecule has 31 heavy (non-hydrogen) atoms. The van der Waals surface area contributed by atoms with Crippen molar-refractivity contribution in [3.05, 3.63) is 71.9 Å². The first-order valence-corrected chi connectivity index (χ1v) is 11.3. The number of aromatic hydroxyl groups is 1. The molecule has 0 spiro atoms. The molecule has 1 aromatic heterocycles. The topological polar surface area (TPSA) is 56.7 Å². The lowest BCUT2D eigenvalue weighted by Crippen LogP contribution is -2.42. The van der Waals surface area contributed by atoms with Gasteiger partial charge in [0.15, 0.2) is 0 Å². The highest BCUT2D eigenvalue weighted by molar-refractivity contribution is 5.79. The van der Waals surface area contributed by atoms with E-state index in [0.29, 0.717) is 25.4 Å². The maximum atomic E-state index is 13.3. The van der Waals surface area contributed by atoms with Crippen molar-refractivity contribution in [3.63, 3.8) is 0 Å². The summed E-state index contributed by atoms with van der Waals surface area (Å²) in [6.45, 7) is 5.66. The van der Waals surface area contributed by atoms with Crippen molar-refractivity contribution in [2.24, 2.45) is 0 Å². The molecule has 4 rings (SSSR count). The molecule has 5 nitrogen and oxygen atoms in total. The summed E-state index contributed by atoms with van der Waals surface area (Å²) in [6.07, 6.45) is 5.38. The minimum atomic E-state index is 0.171. The van der Waals surface area contributed by atoms with Gasteiger partial charge in [0, 0.05) is 37.1 Å². The Hall–Kier alpha value is -2.92. The Morgan fingerprint density at radius 1 is 1.16 bits per heavy atom. The van der Waals surface area contributed by atoms with Crippen molar-refractivity contribution < 1.29 is 9.90 Å². The number of pyridine rings is 1. The molecule has 1 fully saturated rings. The Bertz CT molecular complexity index is 1020. The number of hydrogen-bond acceptors (Lipinski definition) is 4. The molecular weight excluding hydrogens is 386 g/mol. The molecule has 2 heterocycles. The molecule has 3 aromatic rings. The van der Waals surface area contributed by atoms with E-state index < -0.39 is 0 Å². The lowest BCUT2D eigenvalue weighted by atomic mass is 10.1. The van der Waals surface area contributed by atoms with Gasteiger partial charge < -0.3 is 10.0 Å². The Balaban J connectivity index is 1.45. The summed E-state index contributed by atoms with van der Waals surface area (Å²) < 4.78 is 0. The molecule has 1 aliphatic rings. The van der Waals surface area contributed by atoms with Crippen LogP contribution in [0.5, 0.6) is 5.75 Å². The molecule has 2 aromatic carbocycles. The van der Waals surface area contributed by atoms with Crippen LogP contribution in [0.4, 0.5) is 0 Å². The van der Waals surface area contributed by atoms with E-state index >= 15 is 0 Å². The maximum absolute atomic E-state index is 13.3. The quantitative estimate of drug-likeness (QED) is 0.591. The normalized spacial score (nSPS) is 16.6. The predicted molar refractivity (Wildman–Crippen MR) is 124 cm³/mol. The summed E-state index contributed by atoms with van der Waals surface area (Å²) in [6, 6.07) is 17.8. The van der Waals surface area contributed by atoms with Crippen LogP contribution in [0.25, 0.3) is 10.9 Å². The van der Waals surface area contributed by atoms with Gasteiger partial charge in [-0.15, -0.1) is 0 Å². The first-order chi connectivity index (χ1) is 15.1. The summed E-state index contributed by atoms with van der Waals surface area (Å²) in [5.74, 6) is 0.419. The van der Waals surface area contributed by atoms with Crippen LogP contribution in [0.3, 0.4) is 0 Å². The van der Waals surface area contributed by atoms with Crippen molar-refractivity contribution in [2.45, 2.75) is 45.2 Å². The number of phenolic OH excluding ortho intramolecular Hbond substituents is 1. The van der Waals surface area contributed by atoms with Gasteiger partial charge >= 0.3 is 0 Å². The number of fused-ring (bicyclic) bond motifs is 1. The number of amides is 1. The second-order valence-electron chi connectivity index (χ2n) is 8.40. The number of aryl methyl sites for hydroxylation is 1. The number of phenols is 1. The molecule has 0 aliphatic carbocycles. The lowest BCUT2D eigenvalue weighted by molar-refractivity contribution is -0.132. The van der Waals surface area contributed by atoms with Gasteiger partial charge in [-0.2, -0.15) is 0 Å². The number of likely N-dealkylation sites (tertiary alicyclic amines) is 1. The third kappa shape index (κ3) is 5.42. The van der Waals surface area contributed by atoms with Crippen LogP contribution in [0.2, 0.25) is 0 Å². The van der Waals surface area contributed by atoms with E-state index in [1.54, 1.807) is 12.1 Å². The van der Waals surface area contributed by atoms with Gasteiger partial charge in [0.1, 0.15) is 5.75 Å². The number of rotatable bonds is 8. The van der Waals surface area contributed by atoms with Crippen molar-refractivity contribution in [3.8, 4) is 5.75 Å². The Morgan fingerprint density at radius 2 is 1.97 bits per heavy atom. The molecule has 1 saturated heterocycles. The lowest BCUT2D eigenvalue weighted by Gasteiger charge is -2.30. The third-order valence-electron chi connectivity index (χ3n) is 6.27. The van der Waals surface area contributed by atoms with Gasteiger partial charge in [-0.05, 0) is 67.7 Å². The molecule has 0 saturated carbocycles. The molecule has 0 radical (unpaired) electrons. The number of carbonyl (C=O) groups excluding carboxylic acids is 1. The zero-order chi connectivity index (χ0) is 21.6. The van der Waals surface area contributed by atoms with Gasteiger partial charge in [-0.1, -0.05) is 37.3 Å². The van der Waals surface area contributed by atoms with E-state index in [1.165, 1.54) is 6.42 Å². The monoisotopic (exact) mass is 417 g/mol. The van der Waals surface area contributed by atoms with E-state index in [4.69, 9.17) is 0 Å². The average molecular weight is 418 g/mol. The fourth-order valence-electron chi connectivity index (χ4n) is 4.51. The first-order valence-electron chi connectivity index (χ1n) is 11.3. The molecule has 5 heteroatoms. The van der Waals surface area contributed by atoms with Crippen LogP contribution >= 0.6 is 0 Å². The van der Waals surface area contributed by atoms with Crippen LogP contribution in [-0.4, -0.2) is 51.5 Å². The molecule has 1 N–H and O–H groups in total. The smallest absolute Gasteiger partial charge is 0.223 e. The van der Waals surface area contributed by atoms with E-state index in [1.807, 2.05) is 41.4 Å². The number of carbonyl (C=O) groups is 1. The molecule has 0 bridgehead atoms. The summed E-state index contributed by atoms with van der Waals surface area (Å²) in [7, 11) is 0. The van der Waals surface area contributed by atoms with E-state index in [-0.39, 0.29) is 11.7 Å².